The van der Waals surface area contributed by atoms with Crippen molar-refractivity contribution >= 4 is 0 Å². The summed E-state index contributed by atoms with van der Waals surface area (Å²) in [6.07, 6.45) is 0.825. The van der Waals surface area contributed by atoms with Gasteiger partial charge in [-0.1, -0.05) is 13.0 Å². The summed E-state index contributed by atoms with van der Waals surface area (Å²) in [5.41, 5.74) is 0.941. The van der Waals surface area contributed by atoms with Crippen LogP contribution in [0.2, 0.25) is 0 Å². The van der Waals surface area contributed by atoms with Crippen LogP contribution in [0.15, 0.2) is 18.2 Å². The van der Waals surface area contributed by atoms with Crippen LogP contribution in [0, 0.1) is 5.82 Å². The summed E-state index contributed by atoms with van der Waals surface area (Å²) in [6.45, 7) is 7.62. The Balaban J connectivity index is 2.75. The molecule has 108 valence electrons. The Morgan fingerprint density at radius 1 is 1.32 bits per heavy atom. The zero-order valence-corrected chi connectivity index (χ0v) is 12.2. The highest BCUT2D eigenvalue weighted by Gasteiger charge is 2.17. The molecule has 0 aliphatic rings. The SMILES string of the molecule is CCNC(Cc1ccc(OC)c(F)c1)C(C)OCC. The standard InChI is InChI=1S/C15H24FNO2/c1-5-17-14(11(3)19-6-2)10-12-7-8-15(18-4)13(16)9-12/h7-9,11,14,17H,5-6,10H2,1-4H3. The van der Waals surface area contributed by atoms with Crippen molar-refractivity contribution in [3.8, 4) is 5.75 Å². The van der Waals surface area contributed by atoms with Gasteiger partial charge in [0.1, 0.15) is 0 Å². The topological polar surface area (TPSA) is 30.5 Å². The van der Waals surface area contributed by atoms with Gasteiger partial charge in [0.15, 0.2) is 11.6 Å². The molecule has 4 heteroatoms. The Bertz CT molecular complexity index is 384. The molecule has 2 atom stereocenters. The van der Waals surface area contributed by atoms with Gasteiger partial charge in [-0.2, -0.15) is 0 Å². The van der Waals surface area contributed by atoms with Gasteiger partial charge in [0, 0.05) is 12.6 Å². The quantitative estimate of drug-likeness (QED) is 0.787. The maximum absolute atomic E-state index is 13.7. The molecule has 0 saturated heterocycles. The summed E-state index contributed by atoms with van der Waals surface area (Å²) < 4.78 is 24.2. The van der Waals surface area contributed by atoms with Crippen LogP contribution in [0.25, 0.3) is 0 Å². The van der Waals surface area contributed by atoms with Crippen molar-refractivity contribution in [3.63, 3.8) is 0 Å². The van der Waals surface area contributed by atoms with Crippen LogP contribution in [0.3, 0.4) is 0 Å². The third-order valence-electron chi connectivity index (χ3n) is 3.13. The van der Waals surface area contributed by atoms with E-state index in [0.717, 1.165) is 18.5 Å². The number of likely N-dealkylation sites (N-methyl/N-ethyl adjacent to an activating group) is 1. The van der Waals surface area contributed by atoms with Crippen molar-refractivity contribution in [1.29, 1.82) is 0 Å². The Labute approximate surface area is 115 Å². The maximum Gasteiger partial charge on any atom is 0.165 e. The summed E-state index contributed by atoms with van der Waals surface area (Å²) in [7, 11) is 1.47. The van der Waals surface area contributed by atoms with Gasteiger partial charge in [-0.15, -0.1) is 0 Å². The zero-order chi connectivity index (χ0) is 14.3. The molecule has 0 aliphatic carbocycles. The Hall–Kier alpha value is -1.13. The lowest BCUT2D eigenvalue weighted by atomic mass is 10.0. The molecule has 3 nitrogen and oxygen atoms in total. The lowest BCUT2D eigenvalue weighted by Crippen LogP contribution is -2.41. The predicted octanol–water partition coefficient (Wildman–Crippen LogP) is 2.78. The van der Waals surface area contributed by atoms with Crippen LogP contribution in [-0.2, 0) is 11.2 Å². The minimum atomic E-state index is -0.320. The average molecular weight is 269 g/mol. The fourth-order valence-corrected chi connectivity index (χ4v) is 2.14. The lowest BCUT2D eigenvalue weighted by Gasteiger charge is -2.25. The van der Waals surface area contributed by atoms with Gasteiger partial charge < -0.3 is 14.8 Å². The first-order valence-electron chi connectivity index (χ1n) is 6.79. The molecular weight excluding hydrogens is 245 g/mol. The summed E-state index contributed by atoms with van der Waals surface area (Å²) in [6, 6.07) is 5.27. The van der Waals surface area contributed by atoms with E-state index in [1.165, 1.54) is 13.2 Å². The van der Waals surface area contributed by atoms with Crippen molar-refractivity contribution in [2.75, 3.05) is 20.3 Å². The smallest absolute Gasteiger partial charge is 0.165 e. The van der Waals surface area contributed by atoms with E-state index in [4.69, 9.17) is 9.47 Å². The van der Waals surface area contributed by atoms with Crippen LogP contribution >= 0.6 is 0 Å². The summed E-state index contributed by atoms with van der Waals surface area (Å²) >= 11 is 0. The first-order chi connectivity index (χ1) is 9.12. The molecule has 0 saturated carbocycles. The normalized spacial score (nSPS) is 14.2. The predicted molar refractivity (Wildman–Crippen MR) is 75.2 cm³/mol. The molecule has 19 heavy (non-hydrogen) atoms. The second-order valence-corrected chi connectivity index (χ2v) is 4.50. The molecule has 0 aromatic heterocycles. The number of hydrogen-bond acceptors (Lipinski definition) is 3. The van der Waals surface area contributed by atoms with E-state index in [1.807, 2.05) is 19.9 Å². The molecule has 0 aliphatic heterocycles. The van der Waals surface area contributed by atoms with E-state index in [0.29, 0.717) is 6.61 Å². The largest absolute Gasteiger partial charge is 0.494 e. The molecule has 0 spiro atoms. The molecule has 1 aromatic rings. The van der Waals surface area contributed by atoms with Gasteiger partial charge in [-0.3, -0.25) is 0 Å². The zero-order valence-electron chi connectivity index (χ0n) is 12.2. The average Bonchev–Trinajstić information content (AvgIpc) is 2.39. The number of benzene rings is 1. The molecule has 0 amide bonds. The minimum Gasteiger partial charge on any atom is -0.494 e. The molecule has 0 bridgehead atoms. The summed E-state index contributed by atoms with van der Waals surface area (Å²) in [5, 5.41) is 3.39. The molecule has 0 heterocycles. The van der Waals surface area contributed by atoms with Gasteiger partial charge in [0.2, 0.25) is 0 Å². The highest BCUT2D eigenvalue weighted by molar-refractivity contribution is 5.29. The number of hydrogen-bond donors (Lipinski definition) is 1. The van der Waals surface area contributed by atoms with Crippen LogP contribution in [0.4, 0.5) is 4.39 Å². The number of ether oxygens (including phenoxy) is 2. The first-order valence-corrected chi connectivity index (χ1v) is 6.79. The van der Waals surface area contributed by atoms with E-state index >= 15 is 0 Å². The molecule has 1 aromatic carbocycles. The molecule has 0 radical (unpaired) electrons. The van der Waals surface area contributed by atoms with E-state index in [9.17, 15) is 4.39 Å². The molecule has 2 unspecified atom stereocenters. The van der Waals surface area contributed by atoms with Crippen LogP contribution in [0.1, 0.15) is 26.3 Å². The van der Waals surface area contributed by atoms with Crippen molar-refractivity contribution in [1.82, 2.24) is 5.32 Å². The Morgan fingerprint density at radius 3 is 2.58 bits per heavy atom. The van der Waals surface area contributed by atoms with Crippen molar-refractivity contribution in [3.05, 3.63) is 29.6 Å². The number of rotatable bonds is 8. The lowest BCUT2D eigenvalue weighted by molar-refractivity contribution is 0.0480. The van der Waals surface area contributed by atoms with E-state index < -0.39 is 0 Å². The molecule has 1 N–H and O–H groups in total. The van der Waals surface area contributed by atoms with Crippen LogP contribution in [-0.4, -0.2) is 32.4 Å². The van der Waals surface area contributed by atoms with Gasteiger partial charge in [0.25, 0.3) is 0 Å². The third kappa shape index (κ3) is 4.80. The number of methoxy groups -OCH3 is 1. The molecule has 1 rings (SSSR count). The van der Waals surface area contributed by atoms with Gasteiger partial charge >= 0.3 is 0 Å². The molecule has 0 fully saturated rings. The van der Waals surface area contributed by atoms with Crippen molar-refractivity contribution in [2.24, 2.45) is 0 Å². The van der Waals surface area contributed by atoms with Crippen LogP contribution < -0.4 is 10.1 Å². The fourth-order valence-electron chi connectivity index (χ4n) is 2.14. The summed E-state index contributed by atoms with van der Waals surface area (Å²) in [4.78, 5) is 0. The minimum absolute atomic E-state index is 0.0927. The summed E-state index contributed by atoms with van der Waals surface area (Å²) in [5.74, 6) is -0.0408. The number of halogens is 1. The van der Waals surface area contributed by atoms with Crippen LogP contribution in [0.5, 0.6) is 5.75 Å². The third-order valence-corrected chi connectivity index (χ3v) is 3.13. The second-order valence-electron chi connectivity index (χ2n) is 4.50. The van der Waals surface area contributed by atoms with Gasteiger partial charge in [0.05, 0.1) is 13.2 Å². The van der Waals surface area contributed by atoms with E-state index in [1.54, 1.807) is 6.07 Å². The number of nitrogens with one attached hydrogen (secondary N) is 1. The fraction of sp³-hybridized carbons (Fsp3) is 0.600. The first kappa shape index (κ1) is 15.9. The monoisotopic (exact) mass is 269 g/mol. The Morgan fingerprint density at radius 2 is 2.05 bits per heavy atom. The Kier molecular flexibility index (Phi) is 6.81. The van der Waals surface area contributed by atoms with E-state index in [2.05, 4.69) is 12.2 Å². The van der Waals surface area contributed by atoms with Gasteiger partial charge in [-0.05, 0) is 44.5 Å². The maximum atomic E-state index is 13.7. The van der Waals surface area contributed by atoms with Gasteiger partial charge in [-0.25, -0.2) is 4.39 Å². The van der Waals surface area contributed by atoms with E-state index in [-0.39, 0.29) is 23.7 Å². The highest BCUT2D eigenvalue weighted by atomic mass is 19.1. The highest BCUT2D eigenvalue weighted by Crippen LogP contribution is 2.19. The van der Waals surface area contributed by atoms with Crippen molar-refractivity contribution in [2.45, 2.75) is 39.3 Å². The molecular formula is C15H24FNO2. The second kappa shape index (κ2) is 8.12. The van der Waals surface area contributed by atoms with Crippen molar-refractivity contribution < 1.29 is 13.9 Å².